The minimum atomic E-state index is -5.08. The molecule has 3 rings (SSSR count). The van der Waals surface area contributed by atoms with Crippen LogP contribution in [0.4, 0.5) is 13.2 Å². The molecule has 1 unspecified atom stereocenters. The number of nitrogens with zero attached hydrogens (tertiary/aromatic N) is 2. The number of benzene rings is 1. The van der Waals surface area contributed by atoms with E-state index < -0.39 is 12.1 Å². The van der Waals surface area contributed by atoms with Gasteiger partial charge in [0, 0.05) is 22.0 Å². The van der Waals surface area contributed by atoms with Crippen LogP contribution in [0.2, 0.25) is 0 Å². The lowest BCUT2D eigenvalue weighted by Gasteiger charge is -2.22. The number of aromatic nitrogens is 1. The van der Waals surface area contributed by atoms with E-state index in [1.165, 1.54) is 5.56 Å². The summed E-state index contributed by atoms with van der Waals surface area (Å²) in [5.41, 5.74) is 7.99. The van der Waals surface area contributed by atoms with Crippen molar-refractivity contribution in [2.45, 2.75) is 18.6 Å². The zero-order valence-corrected chi connectivity index (χ0v) is 15.1. The molecule has 0 saturated carbocycles. The van der Waals surface area contributed by atoms with Crippen molar-refractivity contribution in [3.05, 3.63) is 34.4 Å². The van der Waals surface area contributed by atoms with Gasteiger partial charge in [-0.1, -0.05) is 15.9 Å². The van der Waals surface area contributed by atoms with Gasteiger partial charge in [-0.2, -0.15) is 17.9 Å². The quantitative estimate of drug-likeness (QED) is 0.670. The lowest BCUT2D eigenvalue weighted by Crippen LogP contribution is -2.38. The molecule has 1 aromatic heterocycles. The van der Waals surface area contributed by atoms with Gasteiger partial charge in [0.15, 0.2) is 5.96 Å². The van der Waals surface area contributed by atoms with Gasteiger partial charge in [0.1, 0.15) is 7.11 Å². The van der Waals surface area contributed by atoms with E-state index in [1.807, 2.05) is 18.3 Å². The molecule has 2 heterocycles. The van der Waals surface area contributed by atoms with E-state index in [9.17, 15) is 13.2 Å². The number of rotatable bonds is 2. The Labute approximate surface area is 154 Å². The van der Waals surface area contributed by atoms with Gasteiger partial charge in [0.05, 0.1) is 17.8 Å². The van der Waals surface area contributed by atoms with Gasteiger partial charge in [-0.25, -0.2) is 4.79 Å². The number of carboxylic acids is 1. The second-order valence-corrected chi connectivity index (χ2v) is 6.23. The number of aliphatic carboxylic acids is 1. The molecule has 7 nitrogen and oxygen atoms in total. The molecule has 0 saturated heterocycles. The summed E-state index contributed by atoms with van der Waals surface area (Å²) in [7, 11) is 1.66. The number of hydrogen-bond acceptors (Lipinski definition) is 5. The van der Waals surface area contributed by atoms with Crippen LogP contribution in [-0.4, -0.2) is 41.6 Å². The van der Waals surface area contributed by atoms with Crippen molar-refractivity contribution in [3.8, 4) is 0 Å². The lowest BCUT2D eigenvalue weighted by atomic mass is 10.0. The first-order valence-electron chi connectivity index (χ1n) is 7.35. The van der Waals surface area contributed by atoms with Gasteiger partial charge >= 0.3 is 12.1 Å². The van der Waals surface area contributed by atoms with Crippen molar-refractivity contribution in [1.82, 2.24) is 10.0 Å². The Bertz CT molecular complexity index is 835. The normalized spacial score (nSPS) is 17.0. The van der Waals surface area contributed by atoms with Crippen molar-refractivity contribution in [3.63, 3.8) is 0 Å². The molecule has 1 atom stereocenters. The maximum absolute atomic E-state index is 10.6. The van der Waals surface area contributed by atoms with E-state index in [1.54, 1.807) is 11.8 Å². The van der Waals surface area contributed by atoms with Crippen LogP contribution in [0, 0.1) is 0 Å². The third-order valence-electron chi connectivity index (χ3n) is 3.60. The van der Waals surface area contributed by atoms with Crippen LogP contribution in [0.15, 0.2) is 33.9 Å². The van der Waals surface area contributed by atoms with Crippen molar-refractivity contribution < 1.29 is 27.9 Å². The van der Waals surface area contributed by atoms with Crippen LogP contribution in [0.3, 0.4) is 0 Å². The number of hydrogen-bond donors (Lipinski definition) is 3. The van der Waals surface area contributed by atoms with E-state index in [0.717, 1.165) is 28.3 Å². The number of nitrogens with two attached hydrogens (primary N) is 1. The minimum Gasteiger partial charge on any atom is -0.475 e. The van der Waals surface area contributed by atoms with Crippen LogP contribution in [0.5, 0.6) is 0 Å². The highest BCUT2D eigenvalue weighted by Gasteiger charge is 2.38. The number of aliphatic imine (C=N–C) groups is 1. The zero-order valence-electron chi connectivity index (χ0n) is 13.5. The third-order valence-corrected chi connectivity index (χ3v) is 4.09. The molecule has 2 aromatic rings. The Morgan fingerprint density at radius 3 is 2.69 bits per heavy atom. The highest BCUT2D eigenvalue weighted by atomic mass is 79.9. The molecule has 4 N–H and O–H groups in total. The minimum absolute atomic E-state index is 0.172. The van der Waals surface area contributed by atoms with E-state index in [2.05, 4.69) is 32.3 Å². The number of nitrogens with one attached hydrogen (secondary N) is 1. The van der Waals surface area contributed by atoms with Crippen molar-refractivity contribution >= 4 is 38.8 Å². The molecule has 0 fully saturated rings. The van der Waals surface area contributed by atoms with Crippen LogP contribution in [-0.2, 0) is 4.79 Å². The number of carbonyl (C=O) groups is 1. The summed E-state index contributed by atoms with van der Waals surface area (Å²) < 4.78 is 34.6. The number of carboxylic acid groups (broad SMARTS) is 1. The lowest BCUT2D eigenvalue weighted by molar-refractivity contribution is -0.192. The Hall–Kier alpha value is -2.43. The van der Waals surface area contributed by atoms with Crippen LogP contribution in [0.25, 0.3) is 10.9 Å². The summed E-state index contributed by atoms with van der Waals surface area (Å²) in [4.78, 5) is 18.4. The maximum atomic E-state index is 10.6. The molecular formula is C15H16BrF3N4O3. The summed E-state index contributed by atoms with van der Waals surface area (Å²) in [5.74, 6) is -2.25. The third kappa shape index (κ3) is 4.59. The number of alkyl halides is 3. The molecule has 0 radical (unpaired) electrons. The summed E-state index contributed by atoms with van der Waals surface area (Å²) in [6.45, 7) is 0.747. The fourth-order valence-corrected chi connectivity index (χ4v) is 2.83. The number of halogens is 4. The second-order valence-electron chi connectivity index (χ2n) is 5.31. The first-order chi connectivity index (χ1) is 12.1. The maximum Gasteiger partial charge on any atom is 0.490 e. The van der Waals surface area contributed by atoms with Crippen molar-refractivity contribution in [2.75, 3.05) is 13.7 Å². The van der Waals surface area contributed by atoms with Crippen molar-refractivity contribution in [2.24, 2.45) is 10.7 Å². The standard InChI is InChI=1S/C13H15BrN4O.C2HF3O2/c1-19-18-7-10(11-4-5-16-13(15)17-11)9-6-8(14)2-3-12(9)18;3-2(4,5)1(6)7/h2-3,6-7,11H,4-5H2,1H3,(H3,15,16,17);(H,6,7). The van der Waals surface area contributed by atoms with Crippen molar-refractivity contribution in [1.29, 1.82) is 0 Å². The molecule has 0 spiro atoms. The molecule has 11 heteroatoms. The fourth-order valence-electron chi connectivity index (χ4n) is 2.47. The summed E-state index contributed by atoms with van der Waals surface area (Å²) in [6.07, 6.45) is -2.15. The second kappa shape index (κ2) is 7.85. The van der Waals surface area contributed by atoms with Crippen LogP contribution in [0.1, 0.15) is 18.0 Å². The molecular weight excluding hydrogens is 421 g/mol. The van der Waals surface area contributed by atoms with Crippen LogP contribution >= 0.6 is 15.9 Å². The van der Waals surface area contributed by atoms with Gasteiger partial charge in [0.25, 0.3) is 0 Å². The molecule has 26 heavy (non-hydrogen) atoms. The summed E-state index contributed by atoms with van der Waals surface area (Å²) in [6, 6.07) is 6.31. The Kier molecular flexibility index (Phi) is 6.01. The summed E-state index contributed by atoms with van der Waals surface area (Å²) in [5, 5.41) is 11.5. The zero-order chi connectivity index (χ0) is 19.5. The number of fused-ring (bicyclic) bond motifs is 1. The first kappa shape index (κ1) is 19.9. The van der Waals surface area contributed by atoms with E-state index in [0.29, 0.717) is 5.96 Å². The van der Waals surface area contributed by atoms with Gasteiger partial charge < -0.3 is 21.0 Å². The highest BCUT2D eigenvalue weighted by Crippen LogP contribution is 2.31. The Balaban J connectivity index is 0.000000298. The smallest absolute Gasteiger partial charge is 0.475 e. The molecule has 1 aliphatic rings. The van der Waals surface area contributed by atoms with E-state index in [4.69, 9.17) is 20.5 Å². The van der Waals surface area contributed by atoms with Gasteiger partial charge in [-0.05, 0) is 24.6 Å². The van der Waals surface area contributed by atoms with Gasteiger partial charge in [0.2, 0.25) is 0 Å². The van der Waals surface area contributed by atoms with Gasteiger partial charge in [-0.3, -0.25) is 4.99 Å². The predicted molar refractivity (Wildman–Crippen MR) is 92.8 cm³/mol. The molecule has 142 valence electrons. The largest absolute Gasteiger partial charge is 0.490 e. The Morgan fingerprint density at radius 2 is 2.15 bits per heavy atom. The predicted octanol–water partition coefficient (Wildman–Crippen LogP) is 2.44. The molecule has 1 aliphatic heterocycles. The molecule has 0 bridgehead atoms. The average Bonchev–Trinajstić information content (AvgIpc) is 2.92. The van der Waals surface area contributed by atoms with E-state index in [-0.39, 0.29) is 6.04 Å². The van der Waals surface area contributed by atoms with E-state index >= 15 is 0 Å². The molecule has 0 aliphatic carbocycles. The summed E-state index contributed by atoms with van der Waals surface area (Å²) >= 11 is 3.51. The number of guanidine groups is 1. The average molecular weight is 437 g/mol. The SMILES string of the molecule is COn1cc(C2CCN=C(N)N2)c2cc(Br)ccc21.O=C(O)C(F)(F)F. The fraction of sp³-hybridized carbons (Fsp3) is 0.333. The first-order valence-corrected chi connectivity index (χ1v) is 8.14. The molecule has 0 amide bonds. The van der Waals surface area contributed by atoms with Crippen LogP contribution < -0.4 is 15.9 Å². The molecule has 1 aromatic carbocycles. The topological polar surface area (TPSA) is 102 Å². The Morgan fingerprint density at radius 1 is 1.50 bits per heavy atom. The highest BCUT2D eigenvalue weighted by molar-refractivity contribution is 9.10. The van der Waals surface area contributed by atoms with Gasteiger partial charge in [-0.15, -0.1) is 0 Å². The monoisotopic (exact) mass is 436 g/mol.